The number of nitrogens with two attached hydrogens (primary N) is 2. The molecule has 4 N–H and O–H groups in total. The van der Waals surface area contributed by atoms with Crippen LogP contribution in [0.25, 0.3) is 0 Å². The molecule has 5 heteroatoms. The topological polar surface area (TPSA) is 86.2 Å². The summed E-state index contributed by atoms with van der Waals surface area (Å²) in [6, 6.07) is 9.99. The minimum Gasteiger partial charge on any atom is -0.326 e. The Balaban J connectivity index is 0.000000261. The van der Waals surface area contributed by atoms with Gasteiger partial charge in [-0.1, -0.05) is 30.3 Å². The summed E-state index contributed by atoms with van der Waals surface area (Å²) in [5.74, 6) is 0. The van der Waals surface area contributed by atoms with Crippen LogP contribution in [0.1, 0.15) is 5.56 Å². The van der Waals surface area contributed by atoms with Gasteiger partial charge >= 0.3 is 0 Å². The molecule has 0 atom stereocenters. The quantitative estimate of drug-likeness (QED) is 0.525. The molecule has 0 amide bonds. The molecule has 0 aliphatic heterocycles. The van der Waals surface area contributed by atoms with E-state index in [0.29, 0.717) is 6.54 Å². The van der Waals surface area contributed by atoms with Crippen molar-refractivity contribution in [2.24, 2.45) is 10.9 Å². The van der Waals surface area contributed by atoms with Gasteiger partial charge in [0, 0.05) is 6.54 Å². The Labute approximate surface area is 73.3 Å². The molecule has 12 heavy (non-hydrogen) atoms. The van der Waals surface area contributed by atoms with Crippen molar-refractivity contribution < 1.29 is 8.42 Å². The summed E-state index contributed by atoms with van der Waals surface area (Å²) >= 11 is 0. The van der Waals surface area contributed by atoms with Crippen molar-refractivity contribution in [1.82, 2.24) is 0 Å². The van der Waals surface area contributed by atoms with Crippen LogP contribution in [0.5, 0.6) is 0 Å². The molecule has 1 rings (SSSR count). The van der Waals surface area contributed by atoms with Gasteiger partial charge in [0.2, 0.25) is 0 Å². The molecule has 0 heterocycles. The fourth-order valence-corrected chi connectivity index (χ4v) is 0.614. The largest absolute Gasteiger partial charge is 0.326 e. The second-order valence-electron chi connectivity index (χ2n) is 1.98. The highest BCUT2D eigenvalue weighted by molar-refractivity contribution is 7.69. The first kappa shape index (κ1) is 11.1. The van der Waals surface area contributed by atoms with E-state index in [0.717, 1.165) is 0 Å². The molecule has 0 spiro atoms. The normalized spacial score (nSPS) is 8.92. The molecule has 0 aliphatic carbocycles. The molecule has 0 saturated heterocycles. The molecule has 0 saturated carbocycles. The molecule has 1 aromatic rings. The summed E-state index contributed by atoms with van der Waals surface area (Å²) in [5, 5.41) is 4.06. The monoisotopic (exact) mass is 188 g/mol. The van der Waals surface area contributed by atoms with Gasteiger partial charge in [-0.05, 0) is 5.56 Å². The Morgan fingerprint density at radius 2 is 1.58 bits per heavy atom. The molecule has 4 nitrogen and oxygen atoms in total. The Morgan fingerprint density at radius 1 is 1.17 bits per heavy atom. The van der Waals surface area contributed by atoms with E-state index < -0.39 is 10.9 Å². The van der Waals surface area contributed by atoms with Gasteiger partial charge in [0.15, 0.2) is 10.9 Å². The van der Waals surface area contributed by atoms with Gasteiger partial charge in [0.25, 0.3) is 0 Å². The number of rotatable bonds is 1. The van der Waals surface area contributed by atoms with Crippen LogP contribution < -0.4 is 10.9 Å². The summed E-state index contributed by atoms with van der Waals surface area (Å²) in [6.07, 6.45) is 0. The highest BCUT2D eigenvalue weighted by atomic mass is 32.2. The zero-order chi connectivity index (χ0) is 9.40. The molecule has 0 fully saturated rings. The third-order valence-corrected chi connectivity index (χ3v) is 1.08. The predicted octanol–water partition coefficient (Wildman–Crippen LogP) is -0.383. The van der Waals surface area contributed by atoms with Gasteiger partial charge in [-0.15, -0.1) is 0 Å². The van der Waals surface area contributed by atoms with Crippen molar-refractivity contribution in [2.75, 3.05) is 0 Å². The third kappa shape index (κ3) is 7.20. The van der Waals surface area contributed by atoms with Crippen molar-refractivity contribution in [1.29, 1.82) is 0 Å². The minimum absolute atomic E-state index is 0.640. The van der Waals surface area contributed by atoms with Crippen LogP contribution in [0.15, 0.2) is 30.3 Å². The van der Waals surface area contributed by atoms with Crippen LogP contribution in [0.3, 0.4) is 0 Å². The lowest BCUT2D eigenvalue weighted by atomic mass is 10.2. The lowest BCUT2D eigenvalue weighted by molar-refractivity contribution is 0.616. The zero-order valence-electron chi connectivity index (χ0n) is 6.51. The SMILES string of the molecule is NCc1ccccc1.N[SH](=O)=O. The molecule has 0 aliphatic rings. The van der Waals surface area contributed by atoms with Crippen LogP contribution in [-0.4, -0.2) is 8.42 Å². The first-order valence-corrected chi connectivity index (χ1v) is 4.54. The standard InChI is InChI=1S/C7H9N.H3NO2S/c8-6-7-4-2-1-3-5-7;1-4(2)3/h1-5H,6,8H2;4H,(H2,1,2,3). The maximum atomic E-state index is 8.81. The van der Waals surface area contributed by atoms with E-state index in [1.54, 1.807) is 0 Å². The van der Waals surface area contributed by atoms with Crippen molar-refractivity contribution >= 4 is 10.9 Å². The molecule has 1 aromatic carbocycles. The summed E-state index contributed by atoms with van der Waals surface area (Å²) in [6.45, 7) is 0.640. The fraction of sp³-hybridized carbons (Fsp3) is 0.143. The van der Waals surface area contributed by atoms with Crippen molar-refractivity contribution in [3.63, 3.8) is 0 Å². The van der Waals surface area contributed by atoms with E-state index >= 15 is 0 Å². The molecule has 0 aromatic heterocycles. The number of hydrogen-bond acceptors (Lipinski definition) is 3. The Morgan fingerprint density at radius 3 is 1.83 bits per heavy atom. The van der Waals surface area contributed by atoms with Gasteiger partial charge in [-0.3, -0.25) is 0 Å². The smallest absolute Gasteiger partial charge is 0.198 e. The molecular formula is C7H12N2O2S. The Bertz CT molecular complexity index is 264. The highest BCUT2D eigenvalue weighted by Crippen LogP contribution is 1.94. The maximum absolute atomic E-state index is 8.81. The molecule has 0 bridgehead atoms. The van der Waals surface area contributed by atoms with Gasteiger partial charge < -0.3 is 5.73 Å². The van der Waals surface area contributed by atoms with E-state index in [9.17, 15) is 0 Å². The van der Waals surface area contributed by atoms with E-state index in [1.807, 2.05) is 30.3 Å². The van der Waals surface area contributed by atoms with Gasteiger partial charge in [-0.2, -0.15) is 0 Å². The zero-order valence-corrected chi connectivity index (χ0v) is 7.41. The fourth-order valence-electron chi connectivity index (χ4n) is 0.614. The first-order valence-electron chi connectivity index (χ1n) is 3.30. The van der Waals surface area contributed by atoms with E-state index in [-0.39, 0.29) is 0 Å². The average Bonchev–Trinajstić information content (AvgIpc) is 2.05. The van der Waals surface area contributed by atoms with E-state index in [2.05, 4.69) is 5.14 Å². The van der Waals surface area contributed by atoms with Crippen LogP contribution in [0.4, 0.5) is 0 Å². The molecule has 68 valence electrons. The third-order valence-electron chi connectivity index (χ3n) is 1.08. The maximum Gasteiger partial charge on any atom is 0.198 e. The van der Waals surface area contributed by atoms with E-state index in [4.69, 9.17) is 14.2 Å². The Kier molecular flexibility index (Phi) is 6.26. The number of thiol groups is 1. The summed E-state index contributed by atoms with van der Waals surface area (Å²) < 4.78 is 17.6. The van der Waals surface area contributed by atoms with E-state index in [1.165, 1.54) is 5.56 Å². The average molecular weight is 188 g/mol. The van der Waals surface area contributed by atoms with Crippen molar-refractivity contribution in [2.45, 2.75) is 6.54 Å². The van der Waals surface area contributed by atoms with Gasteiger partial charge in [-0.25, -0.2) is 13.6 Å². The molecular weight excluding hydrogens is 176 g/mol. The van der Waals surface area contributed by atoms with Crippen molar-refractivity contribution in [3.8, 4) is 0 Å². The lowest BCUT2D eigenvalue weighted by Crippen LogP contribution is -1.94. The summed E-state index contributed by atoms with van der Waals surface area (Å²) in [4.78, 5) is 0. The number of benzene rings is 1. The van der Waals surface area contributed by atoms with Crippen molar-refractivity contribution in [3.05, 3.63) is 35.9 Å². The predicted molar refractivity (Wildman–Crippen MR) is 48.8 cm³/mol. The second kappa shape index (κ2) is 6.78. The van der Waals surface area contributed by atoms with Gasteiger partial charge in [0.05, 0.1) is 0 Å². The minimum atomic E-state index is -2.62. The summed E-state index contributed by atoms with van der Waals surface area (Å²) in [7, 11) is -2.62. The van der Waals surface area contributed by atoms with Gasteiger partial charge in [0.1, 0.15) is 0 Å². The van der Waals surface area contributed by atoms with Crippen LogP contribution in [-0.2, 0) is 17.4 Å². The first-order chi connectivity index (χ1) is 5.66. The molecule has 0 unspecified atom stereocenters. The summed E-state index contributed by atoms with van der Waals surface area (Å²) in [5.41, 5.74) is 6.54. The van der Waals surface area contributed by atoms with Crippen LogP contribution in [0.2, 0.25) is 0 Å². The lowest BCUT2D eigenvalue weighted by Gasteiger charge is -1.90. The van der Waals surface area contributed by atoms with Crippen LogP contribution in [0, 0.1) is 0 Å². The second-order valence-corrected chi connectivity index (χ2v) is 2.55. The molecule has 0 radical (unpaired) electrons. The number of hydrogen-bond donors (Lipinski definition) is 3. The Hall–Kier alpha value is -0.910. The highest BCUT2D eigenvalue weighted by Gasteiger charge is 1.80. The van der Waals surface area contributed by atoms with Crippen LogP contribution >= 0.6 is 0 Å².